The van der Waals surface area contributed by atoms with Gasteiger partial charge in [-0.3, -0.25) is 25.1 Å². The number of hydrogen-bond donors (Lipinski definition) is 2. The van der Waals surface area contributed by atoms with Crippen LogP contribution in [0.5, 0.6) is 11.5 Å². The van der Waals surface area contributed by atoms with Crippen LogP contribution in [0, 0.1) is 6.92 Å². The van der Waals surface area contributed by atoms with Crippen molar-refractivity contribution in [3.8, 4) is 22.8 Å². The third-order valence-corrected chi connectivity index (χ3v) is 5.46. The summed E-state index contributed by atoms with van der Waals surface area (Å²) in [5.41, 5.74) is 8.41. The molecule has 2 heterocycles. The van der Waals surface area contributed by atoms with Crippen molar-refractivity contribution in [3.05, 3.63) is 71.4 Å². The van der Waals surface area contributed by atoms with E-state index in [1.54, 1.807) is 36.0 Å². The van der Waals surface area contributed by atoms with Crippen LogP contribution in [0.4, 0.5) is 0 Å². The number of amides is 2. The lowest BCUT2D eigenvalue weighted by Gasteiger charge is -2.13. The van der Waals surface area contributed by atoms with E-state index >= 15 is 0 Å². The summed E-state index contributed by atoms with van der Waals surface area (Å²) in [6, 6.07) is 16.1. The molecule has 2 aromatic carbocycles. The number of hydrogen-bond acceptors (Lipinski definition) is 6. The van der Waals surface area contributed by atoms with Crippen molar-refractivity contribution in [1.82, 2.24) is 25.6 Å². The molecule has 0 unspecified atom stereocenters. The van der Waals surface area contributed by atoms with E-state index in [1.165, 1.54) is 7.11 Å². The quantitative estimate of drug-likeness (QED) is 0.395. The average Bonchev–Trinajstić information content (AvgIpc) is 3.18. The number of fused-ring (bicyclic) bond motifs is 1. The zero-order valence-corrected chi connectivity index (χ0v) is 20.1. The summed E-state index contributed by atoms with van der Waals surface area (Å²) in [5, 5.41) is 5.04. The number of benzene rings is 2. The highest BCUT2D eigenvalue weighted by Crippen LogP contribution is 2.29. The molecule has 2 amide bonds. The van der Waals surface area contributed by atoms with Crippen molar-refractivity contribution >= 4 is 22.8 Å². The van der Waals surface area contributed by atoms with Gasteiger partial charge in [-0.15, -0.1) is 0 Å². The maximum Gasteiger partial charge on any atom is 0.270 e. The number of nitrogens with one attached hydrogen (secondary N) is 2. The Kier molecular flexibility index (Phi) is 6.96. The van der Waals surface area contributed by atoms with E-state index in [2.05, 4.69) is 16.0 Å². The van der Waals surface area contributed by atoms with Crippen LogP contribution in [0.25, 0.3) is 22.3 Å². The molecule has 0 saturated carbocycles. The minimum Gasteiger partial charge on any atom is -0.493 e. The molecule has 0 bridgehead atoms. The Labute approximate surface area is 203 Å². The Morgan fingerprint density at radius 2 is 1.74 bits per heavy atom. The number of aryl methyl sites for hydroxylation is 2. The van der Waals surface area contributed by atoms with Gasteiger partial charge in [-0.2, -0.15) is 5.10 Å². The second-order valence-corrected chi connectivity index (χ2v) is 7.95. The van der Waals surface area contributed by atoms with Gasteiger partial charge in [0.05, 0.1) is 36.1 Å². The van der Waals surface area contributed by atoms with Gasteiger partial charge in [0.15, 0.2) is 17.1 Å². The lowest BCUT2D eigenvalue weighted by Crippen LogP contribution is -2.41. The minimum atomic E-state index is -0.491. The van der Waals surface area contributed by atoms with E-state index in [9.17, 15) is 9.59 Å². The molecule has 0 atom stereocenters. The normalized spacial score (nSPS) is 10.7. The molecule has 0 aliphatic rings. The van der Waals surface area contributed by atoms with E-state index in [1.807, 2.05) is 44.2 Å². The Balaban J connectivity index is 1.59. The first-order valence-electron chi connectivity index (χ1n) is 11.2. The fourth-order valence-corrected chi connectivity index (χ4v) is 3.77. The highest BCUT2D eigenvalue weighted by molar-refractivity contribution is 6.08. The van der Waals surface area contributed by atoms with Crippen molar-refractivity contribution in [2.24, 2.45) is 7.05 Å². The Morgan fingerprint density at radius 3 is 2.46 bits per heavy atom. The van der Waals surface area contributed by atoms with Gasteiger partial charge in [0.2, 0.25) is 0 Å². The van der Waals surface area contributed by atoms with E-state index in [-0.39, 0.29) is 0 Å². The van der Waals surface area contributed by atoms with Crippen molar-refractivity contribution < 1.29 is 19.1 Å². The van der Waals surface area contributed by atoms with Crippen molar-refractivity contribution in [2.45, 2.75) is 20.3 Å². The summed E-state index contributed by atoms with van der Waals surface area (Å²) < 4.78 is 12.6. The molecule has 0 fully saturated rings. The molecule has 2 aromatic heterocycles. The number of carbonyl (C=O) groups excluding carboxylic acids is 2. The second kappa shape index (κ2) is 10.3. The zero-order valence-electron chi connectivity index (χ0n) is 20.1. The molecule has 9 nitrogen and oxygen atoms in total. The lowest BCUT2D eigenvalue weighted by atomic mass is 10.1. The summed E-state index contributed by atoms with van der Waals surface area (Å²) in [6.45, 7) is 4.36. The number of pyridine rings is 1. The topological polar surface area (TPSA) is 107 Å². The first-order valence-corrected chi connectivity index (χ1v) is 11.2. The van der Waals surface area contributed by atoms with Crippen LogP contribution in [0.1, 0.15) is 39.8 Å². The molecule has 180 valence electrons. The van der Waals surface area contributed by atoms with Gasteiger partial charge in [0, 0.05) is 18.2 Å². The SMILES string of the molecule is CCCOc1ccc(C(=O)NNC(=O)c2cc(-c3ccccc3)nc3c2c(C)nn3C)cc1OC. The lowest BCUT2D eigenvalue weighted by molar-refractivity contribution is 0.0847. The number of hydrazine groups is 1. The molecular formula is C26H27N5O4. The molecule has 35 heavy (non-hydrogen) atoms. The first-order chi connectivity index (χ1) is 16.9. The van der Waals surface area contributed by atoms with E-state index in [0.717, 1.165) is 12.0 Å². The molecule has 0 saturated heterocycles. The summed E-state index contributed by atoms with van der Waals surface area (Å²) in [6.07, 6.45) is 0.849. The highest BCUT2D eigenvalue weighted by atomic mass is 16.5. The number of ether oxygens (including phenoxy) is 2. The van der Waals surface area contributed by atoms with Gasteiger partial charge in [-0.05, 0) is 37.6 Å². The summed E-state index contributed by atoms with van der Waals surface area (Å²) >= 11 is 0. The first kappa shape index (κ1) is 23.7. The molecule has 9 heteroatoms. The number of rotatable bonds is 7. The molecule has 0 aliphatic carbocycles. The van der Waals surface area contributed by atoms with Gasteiger partial charge < -0.3 is 9.47 Å². The predicted molar refractivity (Wildman–Crippen MR) is 132 cm³/mol. The molecule has 2 N–H and O–H groups in total. The highest BCUT2D eigenvalue weighted by Gasteiger charge is 2.20. The Morgan fingerprint density at radius 1 is 1.00 bits per heavy atom. The van der Waals surface area contributed by atoms with Crippen LogP contribution in [0.15, 0.2) is 54.6 Å². The number of nitrogens with zero attached hydrogens (tertiary/aromatic N) is 3. The maximum absolute atomic E-state index is 13.2. The smallest absolute Gasteiger partial charge is 0.270 e. The van der Waals surface area contributed by atoms with Crippen LogP contribution in [0.3, 0.4) is 0 Å². The van der Waals surface area contributed by atoms with Crippen molar-refractivity contribution in [2.75, 3.05) is 13.7 Å². The van der Waals surface area contributed by atoms with Crippen LogP contribution in [-0.2, 0) is 7.05 Å². The third-order valence-electron chi connectivity index (χ3n) is 5.46. The number of carbonyl (C=O) groups is 2. The monoisotopic (exact) mass is 473 g/mol. The maximum atomic E-state index is 13.2. The Hall–Kier alpha value is -4.40. The number of aromatic nitrogens is 3. The molecule has 0 aliphatic heterocycles. The average molecular weight is 474 g/mol. The van der Waals surface area contributed by atoms with Crippen LogP contribution < -0.4 is 20.3 Å². The third kappa shape index (κ3) is 4.93. The largest absolute Gasteiger partial charge is 0.493 e. The van der Waals surface area contributed by atoms with Gasteiger partial charge >= 0.3 is 0 Å². The van der Waals surface area contributed by atoms with Gasteiger partial charge in [-0.25, -0.2) is 4.98 Å². The van der Waals surface area contributed by atoms with Crippen molar-refractivity contribution in [1.29, 1.82) is 0 Å². The fraction of sp³-hybridized carbons (Fsp3) is 0.231. The molecular weight excluding hydrogens is 446 g/mol. The summed E-state index contributed by atoms with van der Waals surface area (Å²) in [5.74, 6) is 0.0189. The van der Waals surface area contributed by atoms with E-state index < -0.39 is 11.8 Å². The van der Waals surface area contributed by atoms with E-state index in [4.69, 9.17) is 14.5 Å². The second-order valence-electron chi connectivity index (χ2n) is 7.95. The summed E-state index contributed by atoms with van der Waals surface area (Å²) in [7, 11) is 3.29. The van der Waals surface area contributed by atoms with Gasteiger partial charge in [0.25, 0.3) is 11.8 Å². The van der Waals surface area contributed by atoms with Gasteiger partial charge in [0.1, 0.15) is 0 Å². The van der Waals surface area contributed by atoms with Gasteiger partial charge in [-0.1, -0.05) is 37.3 Å². The standard InChI is InChI=1S/C26H27N5O4/c1-5-13-35-21-12-11-18(14-22(21)34-4)25(32)28-29-26(33)19-15-20(17-9-7-6-8-10-17)27-24-23(19)16(2)30-31(24)3/h6-12,14-15H,5,13H2,1-4H3,(H,28,32)(H,29,33). The van der Waals surface area contributed by atoms with Crippen molar-refractivity contribution in [3.63, 3.8) is 0 Å². The fourth-order valence-electron chi connectivity index (χ4n) is 3.77. The molecule has 4 aromatic rings. The van der Waals surface area contributed by atoms with Crippen LogP contribution in [0.2, 0.25) is 0 Å². The van der Waals surface area contributed by atoms with Crippen LogP contribution in [-0.4, -0.2) is 40.3 Å². The molecule has 0 radical (unpaired) electrons. The van der Waals surface area contributed by atoms with Crippen LogP contribution >= 0.6 is 0 Å². The Bertz CT molecular complexity index is 1380. The number of methoxy groups -OCH3 is 1. The predicted octanol–water partition coefficient (Wildman–Crippen LogP) is 3.82. The van der Waals surface area contributed by atoms with E-state index in [0.29, 0.717) is 51.7 Å². The summed E-state index contributed by atoms with van der Waals surface area (Å²) in [4.78, 5) is 30.7. The minimum absolute atomic E-state index is 0.313. The molecule has 4 rings (SSSR count). The zero-order chi connectivity index (χ0) is 24.9. The molecule has 0 spiro atoms.